The summed E-state index contributed by atoms with van der Waals surface area (Å²) in [4.78, 5) is 18.7. The Bertz CT molecular complexity index is 608. The highest BCUT2D eigenvalue weighted by Gasteiger charge is 2.16. The SMILES string of the molecule is Cc1nc(C(C)C)sc1C(=O)NCCCSc1ccccc1. The molecule has 5 heteroatoms. The minimum absolute atomic E-state index is 0.00612. The topological polar surface area (TPSA) is 42.0 Å². The van der Waals surface area contributed by atoms with Crippen LogP contribution in [0.3, 0.4) is 0 Å². The Balaban J connectivity index is 1.74. The zero-order valence-corrected chi connectivity index (χ0v) is 14.9. The zero-order valence-electron chi connectivity index (χ0n) is 13.3. The quantitative estimate of drug-likeness (QED) is 0.599. The van der Waals surface area contributed by atoms with Crippen LogP contribution in [0.15, 0.2) is 35.2 Å². The van der Waals surface area contributed by atoms with E-state index in [4.69, 9.17) is 0 Å². The third kappa shape index (κ3) is 4.85. The van der Waals surface area contributed by atoms with Gasteiger partial charge in [-0.1, -0.05) is 32.0 Å². The van der Waals surface area contributed by atoms with Crippen LogP contribution in [0, 0.1) is 6.92 Å². The van der Waals surface area contributed by atoms with Crippen molar-refractivity contribution < 1.29 is 4.79 Å². The number of carbonyl (C=O) groups excluding carboxylic acids is 1. The van der Waals surface area contributed by atoms with E-state index >= 15 is 0 Å². The first-order valence-electron chi connectivity index (χ1n) is 7.51. The molecule has 2 aromatic rings. The lowest BCUT2D eigenvalue weighted by atomic mass is 10.2. The standard InChI is InChI=1S/C17H22N2OS2/c1-12(2)17-19-13(3)15(22-17)16(20)18-10-7-11-21-14-8-5-4-6-9-14/h4-6,8-9,12H,7,10-11H2,1-3H3,(H,18,20). The van der Waals surface area contributed by atoms with Crippen molar-refractivity contribution in [3.8, 4) is 0 Å². The van der Waals surface area contributed by atoms with Crippen molar-refractivity contribution in [3.05, 3.63) is 45.9 Å². The molecular formula is C17H22N2OS2. The van der Waals surface area contributed by atoms with E-state index in [0.717, 1.165) is 27.8 Å². The second-order valence-corrected chi connectivity index (χ2v) is 7.59. The molecule has 0 aliphatic carbocycles. The van der Waals surface area contributed by atoms with Crippen molar-refractivity contribution in [2.45, 2.75) is 38.0 Å². The molecule has 1 amide bonds. The maximum atomic E-state index is 12.2. The fourth-order valence-electron chi connectivity index (χ4n) is 1.94. The molecule has 0 saturated heterocycles. The van der Waals surface area contributed by atoms with Gasteiger partial charge in [0.25, 0.3) is 5.91 Å². The highest BCUT2D eigenvalue weighted by atomic mass is 32.2. The number of carbonyl (C=O) groups is 1. The number of benzene rings is 1. The highest BCUT2D eigenvalue weighted by molar-refractivity contribution is 7.99. The van der Waals surface area contributed by atoms with Crippen LogP contribution in [0.25, 0.3) is 0 Å². The predicted molar refractivity (Wildman–Crippen MR) is 95.1 cm³/mol. The van der Waals surface area contributed by atoms with Crippen LogP contribution in [-0.2, 0) is 0 Å². The summed E-state index contributed by atoms with van der Waals surface area (Å²) in [7, 11) is 0. The van der Waals surface area contributed by atoms with Gasteiger partial charge >= 0.3 is 0 Å². The minimum Gasteiger partial charge on any atom is -0.351 e. The van der Waals surface area contributed by atoms with Crippen LogP contribution in [-0.4, -0.2) is 23.2 Å². The molecule has 0 saturated carbocycles. The Morgan fingerprint density at radius 3 is 2.68 bits per heavy atom. The molecule has 2 rings (SSSR count). The average molecular weight is 335 g/mol. The Labute approximate surface area is 140 Å². The second kappa shape index (κ2) is 8.34. The van der Waals surface area contributed by atoms with E-state index < -0.39 is 0 Å². The molecule has 3 nitrogen and oxygen atoms in total. The first-order valence-corrected chi connectivity index (χ1v) is 9.31. The molecule has 0 spiro atoms. The van der Waals surface area contributed by atoms with Crippen LogP contribution < -0.4 is 5.32 Å². The molecule has 118 valence electrons. The summed E-state index contributed by atoms with van der Waals surface area (Å²) in [5.41, 5.74) is 0.838. The van der Waals surface area contributed by atoms with Crippen molar-refractivity contribution in [3.63, 3.8) is 0 Å². The molecule has 1 N–H and O–H groups in total. The number of aromatic nitrogens is 1. The van der Waals surface area contributed by atoms with Gasteiger partial charge < -0.3 is 5.32 Å². The summed E-state index contributed by atoms with van der Waals surface area (Å²) >= 11 is 3.33. The normalized spacial score (nSPS) is 10.9. The molecule has 0 fully saturated rings. The average Bonchev–Trinajstić information content (AvgIpc) is 2.90. The van der Waals surface area contributed by atoms with Gasteiger partial charge in [-0.2, -0.15) is 0 Å². The van der Waals surface area contributed by atoms with Crippen LogP contribution in [0.4, 0.5) is 0 Å². The van der Waals surface area contributed by atoms with Crippen LogP contribution in [0.1, 0.15) is 46.6 Å². The summed E-state index contributed by atoms with van der Waals surface area (Å²) in [6.45, 7) is 6.80. The molecule has 0 unspecified atom stereocenters. The Kier molecular flexibility index (Phi) is 6.46. The molecule has 0 aliphatic rings. The van der Waals surface area contributed by atoms with Gasteiger partial charge in [-0.05, 0) is 31.2 Å². The van der Waals surface area contributed by atoms with Gasteiger partial charge in [0, 0.05) is 17.4 Å². The van der Waals surface area contributed by atoms with Crippen molar-refractivity contribution in [2.75, 3.05) is 12.3 Å². The molecule has 0 atom stereocenters. The largest absolute Gasteiger partial charge is 0.351 e. The lowest BCUT2D eigenvalue weighted by Gasteiger charge is -2.04. The fraction of sp³-hybridized carbons (Fsp3) is 0.412. The summed E-state index contributed by atoms with van der Waals surface area (Å²) in [6.07, 6.45) is 0.959. The third-order valence-electron chi connectivity index (χ3n) is 3.13. The highest BCUT2D eigenvalue weighted by Crippen LogP contribution is 2.24. The number of nitrogens with one attached hydrogen (secondary N) is 1. The van der Waals surface area contributed by atoms with Gasteiger partial charge in [0.1, 0.15) is 4.88 Å². The molecule has 0 bridgehead atoms. The number of thiazole rings is 1. The fourth-order valence-corrected chi connectivity index (χ4v) is 3.80. The number of rotatable bonds is 7. The van der Waals surface area contributed by atoms with E-state index in [2.05, 4.69) is 36.3 Å². The van der Waals surface area contributed by atoms with Crippen LogP contribution in [0.5, 0.6) is 0 Å². The minimum atomic E-state index is 0.00612. The van der Waals surface area contributed by atoms with Crippen LogP contribution >= 0.6 is 23.1 Å². The lowest BCUT2D eigenvalue weighted by Crippen LogP contribution is -2.24. The molecule has 1 aromatic heterocycles. The van der Waals surface area contributed by atoms with E-state index in [1.54, 1.807) is 0 Å². The maximum absolute atomic E-state index is 12.2. The Hall–Kier alpha value is -1.33. The second-order valence-electron chi connectivity index (χ2n) is 5.39. The Morgan fingerprint density at radius 1 is 1.32 bits per heavy atom. The molecule has 0 aliphatic heterocycles. The smallest absolute Gasteiger partial charge is 0.263 e. The van der Waals surface area contributed by atoms with Gasteiger partial charge in [-0.3, -0.25) is 4.79 Å². The molecular weight excluding hydrogens is 312 g/mol. The Morgan fingerprint density at radius 2 is 2.05 bits per heavy atom. The van der Waals surface area contributed by atoms with Gasteiger partial charge in [-0.15, -0.1) is 23.1 Å². The number of aryl methyl sites for hydroxylation is 1. The summed E-state index contributed by atoms with van der Waals surface area (Å²) in [6, 6.07) is 10.3. The van der Waals surface area contributed by atoms with Crippen molar-refractivity contribution >= 4 is 29.0 Å². The monoisotopic (exact) mass is 334 g/mol. The molecule has 1 heterocycles. The number of amides is 1. The maximum Gasteiger partial charge on any atom is 0.263 e. The number of nitrogens with zero attached hydrogens (tertiary/aromatic N) is 1. The van der Waals surface area contributed by atoms with Gasteiger partial charge in [0.05, 0.1) is 10.7 Å². The molecule has 22 heavy (non-hydrogen) atoms. The van der Waals surface area contributed by atoms with Gasteiger partial charge in [0.2, 0.25) is 0 Å². The summed E-state index contributed by atoms with van der Waals surface area (Å²) < 4.78 is 0. The van der Waals surface area contributed by atoms with Crippen LogP contribution in [0.2, 0.25) is 0 Å². The van der Waals surface area contributed by atoms with E-state index in [-0.39, 0.29) is 5.91 Å². The summed E-state index contributed by atoms with van der Waals surface area (Å²) in [5.74, 6) is 1.38. The number of thioether (sulfide) groups is 1. The summed E-state index contributed by atoms with van der Waals surface area (Å²) in [5, 5.41) is 4.03. The van der Waals surface area contributed by atoms with Crippen molar-refractivity contribution in [1.82, 2.24) is 10.3 Å². The van der Waals surface area contributed by atoms with E-state index in [0.29, 0.717) is 12.5 Å². The van der Waals surface area contributed by atoms with Gasteiger partial charge in [0.15, 0.2) is 0 Å². The lowest BCUT2D eigenvalue weighted by molar-refractivity contribution is 0.0957. The van der Waals surface area contributed by atoms with E-state index in [1.165, 1.54) is 16.2 Å². The van der Waals surface area contributed by atoms with Crippen molar-refractivity contribution in [1.29, 1.82) is 0 Å². The van der Waals surface area contributed by atoms with Gasteiger partial charge in [-0.25, -0.2) is 4.98 Å². The first-order chi connectivity index (χ1) is 10.6. The first kappa shape index (κ1) is 17.0. The number of hydrogen-bond donors (Lipinski definition) is 1. The van der Waals surface area contributed by atoms with E-state index in [1.807, 2.05) is 36.9 Å². The van der Waals surface area contributed by atoms with Crippen molar-refractivity contribution in [2.24, 2.45) is 0 Å². The third-order valence-corrected chi connectivity index (χ3v) is 5.69. The molecule has 1 aromatic carbocycles. The zero-order chi connectivity index (χ0) is 15.9. The molecule has 0 radical (unpaired) electrons. The predicted octanol–water partition coefficient (Wildman–Crippen LogP) is 4.49. The van der Waals surface area contributed by atoms with E-state index in [9.17, 15) is 4.79 Å². The number of hydrogen-bond acceptors (Lipinski definition) is 4.